The van der Waals surface area contributed by atoms with Crippen molar-refractivity contribution in [1.29, 1.82) is 0 Å². The molecule has 7 heteroatoms. The van der Waals surface area contributed by atoms with Gasteiger partial charge in [-0.15, -0.1) is 0 Å². The molecular formula is C20H29N3O4. The first-order chi connectivity index (χ1) is 12.8. The van der Waals surface area contributed by atoms with Crippen molar-refractivity contribution in [3.63, 3.8) is 0 Å². The average Bonchev–Trinajstić information content (AvgIpc) is 2.62. The number of amides is 2. The number of Topliss-reactive ketones (excluding diaryl/α,β-unsaturated/α-hetero) is 1. The quantitative estimate of drug-likeness (QED) is 0.526. The molecule has 0 fully saturated rings. The molecule has 0 aromatic heterocycles. The summed E-state index contributed by atoms with van der Waals surface area (Å²) in [4.78, 5) is 40.6. The van der Waals surface area contributed by atoms with Crippen molar-refractivity contribution >= 4 is 23.3 Å². The van der Waals surface area contributed by atoms with Gasteiger partial charge in [0.25, 0.3) is 5.91 Å². The zero-order valence-corrected chi connectivity index (χ0v) is 16.6. The van der Waals surface area contributed by atoms with Gasteiger partial charge in [-0.25, -0.2) is 0 Å². The van der Waals surface area contributed by atoms with Crippen LogP contribution in [0.2, 0.25) is 0 Å². The zero-order chi connectivity index (χ0) is 20.0. The lowest BCUT2D eigenvalue weighted by molar-refractivity contribution is -0.128. The lowest BCUT2D eigenvalue weighted by Gasteiger charge is -2.32. The van der Waals surface area contributed by atoms with Gasteiger partial charge in [0.15, 0.2) is 11.9 Å². The summed E-state index contributed by atoms with van der Waals surface area (Å²) >= 11 is 0. The highest BCUT2D eigenvalue weighted by molar-refractivity contribution is 6.05. The fraction of sp³-hybridized carbons (Fsp3) is 0.550. The second kappa shape index (κ2) is 9.50. The van der Waals surface area contributed by atoms with E-state index in [0.29, 0.717) is 30.0 Å². The van der Waals surface area contributed by atoms with Gasteiger partial charge in [0.05, 0.1) is 5.69 Å². The number of benzene rings is 1. The largest absolute Gasteiger partial charge is 0.479 e. The van der Waals surface area contributed by atoms with Gasteiger partial charge in [-0.1, -0.05) is 6.92 Å². The molecule has 1 aliphatic rings. The lowest BCUT2D eigenvalue weighted by atomic mass is 10.0. The second-order valence-corrected chi connectivity index (χ2v) is 7.05. The minimum absolute atomic E-state index is 0.0134. The van der Waals surface area contributed by atoms with Crippen LogP contribution in [0.4, 0.5) is 5.69 Å². The van der Waals surface area contributed by atoms with Crippen molar-refractivity contribution in [3.8, 4) is 5.75 Å². The third-order valence-electron chi connectivity index (χ3n) is 4.37. The van der Waals surface area contributed by atoms with Gasteiger partial charge in [-0.2, -0.15) is 0 Å². The number of nitrogens with one attached hydrogen (secondary N) is 1. The number of ketones is 1. The standard InChI is InChI=1S/C20H29N3O4/c1-5-7-17(24)15-8-9-18-16(12-15)23(20(26)14(2)27-18)13-19(25)21-10-6-11-22(3)4/h8-9,12,14H,5-7,10-11,13H2,1-4H3,(H,21,25). The minimum atomic E-state index is -0.670. The van der Waals surface area contributed by atoms with Crippen molar-refractivity contribution in [1.82, 2.24) is 10.2 Å². The summed E-state index contributed by atoms with van der Waals surface area (Å²) in [6, 6.07) is 5.05. The predicted octanol–water partition coefficient (Wildman–Crippen LogP) is 1.85. The summed E-state index contributed by atoms with van der Waals surface area (Å²) in [5.41, 5.74) is 1.00. The van der Waals surface area contributed by atoms with Gasteiger partial charge in [0.2, 0.25) is 5.91 Å². The molecule has 2 rings (SSSR count). The normalized spacial score (nSPS) is 16.1. The summed E-state index contributed by atoms with van der Waals surface area (Å²) in [6.07, 6.45) is 1.35. The van der Waals surface area contributed by atoms with E-state index in [4.69, 9.17) is 4.74 Å². The van der Waals surface area contributed by atoms with Crippen LogP contribution in [0.15, 0.2) is 18.2 Å². The molecule has 27 heavy (non-hydrogen) atoms. The number of carbonyl (C=O) groups excluding carboxylic acids is 3. The smallest absolute Gasteiger partial charge is 0.268 e. The van der Waals surface area contributed by atoms with Gasteiger partial charge in [-0.3, -0.25) is 19.3 Å². The predicted molar refractivity (Wildman–Crippen MR) is 104 cm³/mol. The molecular weight excluding hydrogens is 346 g/mol. The zero-order valence-electron chi connectivity index (χ0n) is 16.6. The Hall–Kier alpha value is -2.41. The van der Waals surface area contributed by atoms with Crippen molar-refractivity contribution in [3.05, 3.63) is 23.8 Å². The van der Waals surface area contributed by atoms with Crippen LogP contribution in [0.25, 0.3) is 0 Å². The van der Waals surface area contributed by atoms with Gasteiger partial charge in [0.1, 0.15) is 12.3 Å². The van der Waals surface area contributed by atoms with Gasteiger partial charge in [-0.05, 0) is 58.6 Å². The number of rotatable bonds is 9. The monoisotopic (exact) mass is 375 g/mol. The molecule has 0 bridgehead atoms. The molecule has 1 heterocycles. The summed E-state index contributed by atoms with van der Waals surface area (Å²) in [6.45, 7) is 4.93. The van der Waals surface area contributed by atoms with Gasteiger partial charge < -0.3 is 15.0 Å². The Morgan fingerprint density at radius 3 is 2.70 bits per heavy atom. The number of nitrogens with zero attached hydrogens (tertiary/aromatic N) is 2. The third kappa shape index (κ3) is 5.53. The molecule has 1 atom stereocenters. The summed E-state index contributed by atoms with van der Waals surface area (Å²) in [5, 5.41) is 2.84. The van der Waals surface area contributed by atoms with Crippen LogP contribution >= 0.6 is 0 Å². The van der Waals surface area contributed by atoms with Crippen LogP contribution in [-0.2, 0) is 9.59 Å². The fourth-order valence-corrected chi connectivity index (χ4v) is 2.94. The number of ether oxygens (including phenoxy) is 1. The Kier molecular flexibility index (Phi) is 7.36. The highest BCUT2D eigenvalue weighted by Gasteiger charge is 2.33. The highest BCUT2D eigenvalue weighted by atomic mass is 16.5. The van der Waals surface area contributed by atoms with E-state index in [1.807, 2.05) is 25.9 Å². The molecule has 1 unspecified atom stereocenters. The van der Waals surface area contributed by atoms with Crippen molar-refractivity contribution in [2.75, 3.05) is 38.6 Å². The molecule has 1 aliphatic heterocycles. The van der Waals surface area contributed by atoms with Crippen LogP contribution in [-0.4, -0.2) is 62.3 Å². The molecule has 1 N–H and O–H groups in total. The number of carbonyl (C=O) groups is 3. The second-order valence-electron chi connectivity index (χ2n) is 7.05. The van der Waals surface area contributed by atoms with Crippen LogP contribution in [0.3, 0.4) is 0 Å². The summed E-state index contributed by atoms with van der Waals surface area (Å²) in [7, 11) is 3.95. The maximum atomic E-state index is 12.6. The first-order valence-electron chi connectivity index (χ1n) is 9.40. The number of anilines is 1. The molecule has 0 aliphatic carbocycles. The topological polar surface area (TPSA) is 79.0 Å². The van der Waals surface area contributed by atoms with E-state index >= 15 is 0 Å². The van der Waals surface area contributed by atoms with Gasteiger partial charge in [0, 0.05) is 18.5 Å². The van der Waals surface area contributed by atoms with Crippen LogP contribution in [0.1, 0.15) is 43.5 Å². The fourth-order valence-electron chi connectivity index (χ4n) is 2.94. The molecule has 0 radical (unpaired) electrons. The Labute approximate surface area is 160 Å². The van der Waals surface area contributed by atoms with Crippen LogP contribution in [0.5, 0.6) is 5.75 Å². The Balaban J connectivity index is 2.13. The number of hydrogen-bond acceptors (Lipinski definition) is 5. The number of fused-ring (bicyclic) bond motifs is 1. The lowest BCUT2D eigenvalue weighted by Crippen LogP contribution is -2.49. The molecule has 1 aromatic rings. The SMILES string of the molecule is CCCC(=O)c1ccc2c(c1)N(CC(=O)NCCCN(C)C)C(=O)C(C)O2. The van der Waals surface area contributed by atoms with E-state index in [-0.39, 0.29) is 24.1 Å². The molecule has 0 spiro atoms. The van der Waals surface area contributed by atoms with Crippen LogP contribution < -0.4 is 15.0 Å². The van der Waals surface area contributed by atoms with E-state index < -0.39 is 6.10 Å². The molecule has 148 valence electrons. The van der Waals surface area contributed by atoms with E-state index in [0.717, 1.165) is 19.4 Å². The Morgan fingerprint density at radius 2 is 2.04 bits per heavy atom. The third-order valence-corrected chi connectivity index (χ3v) is 4.37. The van der Waals surface area contributed by atoms with Gasteiger partial charge >= 0.3 is 0 Å². The molecule has 2 amide bonds. The van der Waals surface area contributed by atoms with E-state index in [1.54, 1.807) is 25.1 Å². The highest BCUT2D eigenvalue weighted by Crippen LogP contribution is 2.35. The van der Waals surface area contributed by atoms with E-state index in [1.165, 1.54) is 4.90 Å². The van der Waals surface area contributed by atoms with E-state index in [9.17, 15) is 14.4 Å². The molecule has 7 nitrogen and oxygen atoms in total. The Morgan fingerprint density at radius 1 is 1.30 bits per heavy atom. The average molecular weight is 375 g/mol. The summed E-state index contributed by atoms with van der Waals surface area (Å²) < 4.78 is 5.64. The van der Waals surface area contributed by atoms with E-state index in [2.05, 4.69) is 5.32 Å². The maximum absolute atomic E-state index is 12.6. The first kappa shape index (κ1) is 20.9. The molecule has 0 saturated carbocycles. The summed E-state index contributed by atoms with van der Waals surface area (Å²) in [5.74, 6) is 0.00786. The van der Waals surface area contributed by atoms with Crippen molar-refractivity contribution in [2.24, 2.45) is 0 Å². The Bertz CT molecular complexity index is 702. The van der Waals surface area contributed by atoms with Crippen LogP contribution in [0, 0.1) is 0 Å². The molecule has 0 saturated heterocycles. The first-order valence-corrected chi connectivity index (χ1v) is 9.40. The van der Waals surface area contributed by atoms with Crippen molar-refractivity contribution < 1.29 is 19.1 Å². The minimum Gasteiger partial charge on any atom is -0.479 e. The maximum Gasteiger partial charge on any atom is 0.268 e. The number of hydrogen-bond donors (Lipinski definition) is 1. The van der Waals surface area contributed by atoms with Crippen molar-refractivity contribution in [2.45, 2.75) is 39.2 Å². The molecule has 1 aromatic carbocycles.